The van der Waals surface area contributed by atoms with Crippen molar-refractivity contribution in [3.63, 3.8) is 0 Å². The Morgan fingerprint density at radius 2 is 0.673 bits per heavy atom. The lowest BCUT2D eigenvalue weighted by Crippen LogP contribution is -2.11. The van der Waals surface area contributed by atoms with Crippen LogP contribution in [0.3, 0.4) is 0 Å². The summed E-state index contributed by atoms with van der Waals surface area (Å²) in [5.41, 5.74) is 16.6. The molecule has 0 bridgehead atoms. The Bertz CT molecular complexity index is 2150. The van der Waals surface area contributed by atoms with Crippen LogP contribution < -0.4 is 9.80 Å². The summed E-state index contributed by atoms with van der Waals surface area (Å²) in [7, 11) is 0. The van der Waals surface area contributed by atoms with Crippen molar-refractivity contribution in [2.24, 2.45) is 0 Å². The highest BCUT2D eigenvalue weighted by Gasteiger charge is 2.15. The minimum atomic E-state index is 1.13. The van der Waals surface area contributed by atoms with Crippen LogP contribution in [0.15, 0.2) is 170 Å². The molecule has 2 nitrogen and oxygen atoms in total. The Labute approximate surface area is 309 Å². The minimum Gasteiger partial charge on any atom is -0.310 e. The third-order valence-corrected chi connectivity index (χ3v) is 9.36. The fourth-order valence-corrected chi connectivity index (χ4v) is 6.74. The molecule has 2 heteroatoms. The molecule has 0 spiro atoms. The second-order valence-electron chi connectivity index (χ2n) is 13.4. The van der Waals surface area contributed by atoms with E-state index in [-0.39, 0.29) is 0 Å². The number of anilines is 6. The van der Waals surface area contributed by atoms with Gasteiger partial charge in [-0.2, -0.15) is 0 Å². The van der Waals surface area contributed by atoms with Crippen molar-refractivity contribution in [3.05, 3.63) is 214 Å². The summed E-state index contributed by atoms with van der Waals surface area (Å²) in [6.45, 7) is 8.65. The summed E-state index contributed by atoms with van der Waals surface area (Å²) in [5, 5.41) is 0. The molecule has 0 aliphatic heterocycles. The third kappa shape index (κ3) is 7.98. The van der Waals surface area contributed by atoms with E-state index < -0.39 is 0 Å². The van der Waals surface area contributed by atoms with Gasteiger partial charge in [0, 0.05) is 34.1 Å². The summed E-state index contributed by atoms with van der Waals surface area (Å²) < 4.78 is 0. The van der Waals surface area contributed by atoms with E-state index in [1.54, 1.807) is 0 Å². The van der Waals surface area contributed by atoms with Crippen molar-refractivity contribution in [1.82, 2.24) is 0 Å². The molecule has 0 aliphatic rings. The van der Waals surface area contributed by atoms with Crippen LogP contribution in [0.1, 0.15) is 44.5 Å². The van der Waals surface area contributed by atoms with Crippen LogP contribution in [0.5, 0.6) is 0 Å². The predicted octanol–water partition coefficient (Wildman–Crippen LogP) is 14.2. The van der Waals surface area contributed by atoms with Crippen molar-refractivity contribution >= 4 is 58.4 Å². The van der Waals surface area contributed by atoms with E-state index in [1.165, 1.54) is 33.6 Å². The summed E-state index contributed by atoms with van der Waals surface area (Å²) in [5.74, 6) is 0. The van der Waals surface area contributed by atoms with E-state index in [0.29, 0.717) is 0 Å². The fraction of sp³-hybridized carbons (Fsp3) is 0.0800. The minimum absolute atomic E-state index is 1.13. The van der Waals surface area contributed by atoms with Crippen LogP contribution in [0, 0.1) is 27.7 Å². The van der Waals surface area contributed by atoms with Gasteiger partial charge in [0.1, 0.15) is 0 Å². The van der Waals surface area contributed by atoms with Gasteiger partial charge in [-0.25, -0.2) is 0 Å². The smallest absolute Gasteiger partial charge is 0.0490 e. The number of benzene rings is 7. The molecule has 0 saturated carbocycles. The van der Waals surface area contributed by atoms with Gasteiger partial charge in [0.2, 0.25) is 0 Å². The molecule has 0 N–H and O–H groups in total. The molecule has 0 aliphatic carbocycles. The molecule has 0 fully saturated rings. The van der Waals surface area contributed by atoms with E-state index in [1.807, 2.05) is 0 Å². The van der Waals surface area contributed by atoms with E-state index in [4.69, 9.17) is 0 Å². The van der Waals surface area contributed by atoms with Gasteiger partial charge in [0.05, 0.1) is 0 Å². The van der Waals surface area contributed by atoms with Crippen LogP contribution in [-0.2, 0) is 0 Å². The standard InChI is InChI=1S/C50H44N2/c1-37-18-32-49(39(3)34-37)51(45-14-7-5-8-15-45)47-28-24-41(25-29-47)20-22-43-12-11-13-44(36-43)23-21-42-26-30-48(31-27-42)52(46-16-9-6-10-17-46)50-33-19-38(2)35-40(50)4/h5-36H,1-4H3/b22-20+,23-21+. The number of hydrogen-bond acceptors (Lipinski definition) is 2. The second-order valence-corrected chi connectivity index (χ2v) is 13.4. The van der Waals surface area contributed by atoms with Crippen LogP contribution in [0.2, 0.25) is 0 Å². The molecule has 7 rings (SSSR count). The molecule has 0 unspecified atom stereocenters. The van der Waals surface area contributed by atoms with E-state index in [2.05, 4.69) is 232 Å². The molecule has 7 aromatic carbocycles. The first-order valence-electron chi connectivity index (χ1n) is 17.9. The van der Waals surface area contributed by atoms with Crippen molar-refractivity contribution in [1.29, 1.82) is 0 Å². The molecule has 7 aromatic rings. The molecule has 0 atom stereocenters. The Balaban J connectivity index is 1.07. The normalized spacial score (nSPS) is 11.3. The average molecular weight is 673 g/mol. The molecular weight excluding hydrogens is 629 g/mol. The van der Waals surface area contributed by atoms with Gasteiger partial charge >= 0.3 is 0 Å². The van der Waals surface area contributed by atoms with Crippen LogP contribution in [-0.4, -0.2) is 0 Å². The van der Waals surface area contributed by atoms with Gasteiger partial charge in [0.15, 0.2) is 0 Å². The third-order valence-electron chi connectivity index (χ3n) is 9.36. The van der Waals surface area contributed by atoms with Crippen LogP contribution in [0.4, 0.5) is 34.1 Å². The first-order chi connectivity index (χ1) is 25.4. The first-order valence-corrected chi connectivity index (χ1v) is 17.9. The highest BCUT2D eigenvalue weighted by atomic mass is 15.1. The lowest BCUT2D eigenvalue weighted by molar-refractivity contribution is 1.24. The molecule has 0 radical (unpaired) electrons. The largest absolute Gasteiger partial charge is 0.310 e. The Morgan fingerprint density at radius 1 is 0.308 bits per heavy atom. The van der Waals surface area contributed by atoms with Crippen LogP contribution >= 0.6 is 0 Å². The fourth-order valence-electron chi connectivity index (χ4n) is 6.74. The Morgan fingerprint density at radius 3 is 1.06 bits per heavy atom. The summed E-state index contributed by atoms with van der Waals surface area (Å²) in [4.78, 5) is 4.66. The van der Waals surface area contributed by atoms with E-state index >= 15 is 0 Å². The van der Waals surface area contributed by atoms with Crippen LogP contribution in [0.25, 0.3) is 24.3 Å². The second kappa shape index (κ2) is 15.7. The van der Waals surface area contributed by atoms with Crippen molar-refractivity contribution in [2.75, 3.05) is 9.80 Å². The maximum atomic E-state index is 2.33. The SMILES string of the molecule is Cc1ccc(N(c2ccccc2)c2ccc(/C=C/c3cccc(/C=C/c4ccc(N(c5ccccc5)c5ccc(C)cc5C)cc4)c3)cc2)c(C)c1. The topological polar surface area (TPSA) is 6.48 Å². The summed E-state index contributed by atoms with van der Waals surface area (Å²) in [6.07, 6.45) is 8.74. The quantitative estimate of drug-likeness (QED) is 0.133. The van der Waals surface area contributed by atoms with Crippen molar-refractivity contribution < 1.29 is 0 Å². The predicted molar refractivity (Wildman–Crippen MR) is 225 cm³/mol. The van der Waals surface area contributed by atoms with Gasteiger partial charge in [0.25, 0.3) is 0 Å². The molecule has 52 heavy (non-hydrogen) atoms. The zero-order chi connectivity index (χ0) is 35.9. The zero-order valence-corrected chi connectivity index (χ0v) is 30.4. The Hall–Kier alpha value is -6.38. The van der Waals surface area contributed by atoms with Gasteiger partial charge < -0.3 is 9.80 Å². The zero-order valence-electron chi connectivity index (χ0n) is 30.4. The number of rotatable bonds is 10. The highest BCUT2D eigenvalue weighted by Crippen LogP contribution is 2.38. The Kier molecular flexibility index (Phi) is 10.3. The maximum Gasteiger partial charge on any atom is 0.0490 e. The van der Waals surface area contributed by atoms with E-state index in [9.17, 15) is 0 Å². The van der Waals surface area contributed by atoms with Gasteiger partial charge in [-0.15, -0.1) is 0 Å². The van der Waals surface area contributed by atoms with E-state index in [0.717, 1.165) is 45.0 Å². The van der Waals surface area contributed by atoms with Gasteiger partial charge in [-0.3, -0.25) is 0 Å². The number of aryl methyl sites for hydroxylation is 4. The molecule has 0 amide bonds. The number of nitrogens with zero attached hydrogens (tertiary/aromatic N) is 2. The van der Waals surface area contributed by atoms with Gasteiger partial charge in [-0.05, 0) is 128 Å². The summed E-state index contributed by atoms with van der Waals surface area (Å²) >= 11 is 0. The lowest BCUT2D eigenvalue weighted by Gasteiger charge is -2.27. The highest BCUT2D eigenvalue weighted by molar-refractivity contribution is 5.82. The van der Waals surface area contributed by atoms with Gasteiger partial charge in [-0.1, -0.05) is 139 Å². The molecule has 0 aromatic heterocycles. The maximum absolute atomic E-state index is 2.33. The molecule has 0 saturated heterocycles. The lowest BCUT2D eigenvalue weighted by atomic mass is 10.1. The summed E-state index contributed by atoms with van der Waals surface area (Å²) in [6, 6.07) is 60.7. The monoisotopic (exact) mass is 672 g/mol. The number of hydrogen-bond donors (Lipinski definition) is 0. The van der Waals surface area contributed by atoms with Crippen molar-refractivity contribution in [3.8, 4) is 0 Å². The first kappa shape index (κ1) is 34.1. The molecule has 0 heterocycles. The molecule has 254 valence electrons. The average Bonchev–Trinajstić information content (AvgIpc) is 3.17. The molecular formula is C50H44N2. The number of para-hydroxylation sites is 2. The van der Waals surface area contributed by atoms with Crippen molar-refractivity contribution in [2.45, 2.75) is 27.7 Å².